The highest BCUT2D eigenvalue weighted by atomic mass is 31.2. The molecular formula is C33H41N4O9P. The summed E-state index contributed by atoms with van der Waals surface area (Å²) in [4.78, 5) is 41.7. The van der Waals surface area contributed by atoms with Crippen LogP contribution in [-0.4, -0.2) is 48.3 Å². The molecular weight excluding hydrogens is 627 g/mol. The van der Waals surface area contributed by atoms with Gasteiger partial charge in [-0.05, 0) is 83.5 Å². The first-order valence-electron chi connectivity index (χ1n) is 14.6. The van der Waals surface area contributed by atoms with Gasteiger partial charge in [-0.15, -0.1) is 0 Å². The number of amides is 3. The summed E-state index contributed by atoms with van der Waals surface area (Å²) < 4.78 is 41.8. The molecule has 3 aromatic rings. The molecule has 252 valence electrons. The summed E-state index contributed by atoms with van der Waals surface area (Å²) in [6, 6.07) is 23.4. The van der Waals surface area contributed by atoms with Crippen LogP contribution in [0.5, 0.6) is 11.5 Å². The number of nitrogens with one attached hydrogen (secondary N) is 3. The Kier molecular flexibility index (Phi) is 12.4. The largest absolute Gasteiger partial charge is 0.453 e. The van der Waals surface area contributed by atoms with Gasteiger partial charge in [-0.2, -0.15) is 0 Å². The van der Waals surface area contributed by atoms with Gasteiger partial charge in [0.2, 0.25) is 5.96 Å². The van der Waals surface area contributed by atoms with Crippen LogP contribution < -0.4 is 25.0 Å². The van der Waals surface area contributed by atoms with Crippen LogP contribution in [0.3, 0.4) is 0 Å². The van der Waals surface area contributed by atoms with E-state index >= 15 is 0 Å². The van der Waals surface area contributed by atoms with Crippen molar-refractivity contribution in [1.82, 2.24) is 16.0 Å². The summed E-state index contributed by atoms with van der Waals surface area (Å²) in [6.07, 6.45) is -2.52. The first kappa shape index (κ1) is 36.4. The smallest absolute Gasteiger partial charge is 0.453 e. The molecule has 3 N–H and O–H groups in total. The second-order valence-electron chi connectivity index (χ2n) is 12.1. The molecule has 3 aromatic carbocycles. The summed E-state index contributed by atoms with van der Waals surface area (Å²) in [5, 5.41) is 7.45. The lowest BCUT2D eigenvalue weighted by molar-refractivity contribution is 0.0545. The van der Waals surface area contributed by atoms with E-state index in [1.165, 1.54) is 7.11 Å². The fraction of sp³-hybridized carbons (Fsp3) is 0.333. The number of ether oxygens (including phenoxy) is 3. The lowest BCUT2D eigenvalue weighted by Crippen LogP contribution is -2.47. The number of carbonyl (C=O) groups is 3. The predicted octanol–water partition coefficient (Wildman–Crippen LogP) is 7.30. The molecule has 0 heterocycles. The lowest BCUT2D eigenvalue weighted by atomic mass is 10.1. The molecule has 3 amide bonds. The van der Waals surface area contributed by atoms with Gasteiger partial charge >= 0.3 is 25.9 Å². The minimum atomic E-state index is -4.17. The molecule has 1 unspecified atom stereocenters. The van der Waals surface area contributed by atoms with Crippen molar-refractivity contribution >= 4 is 37.5 Å². The molecule has 0 aliphatic heterocycles. The average molecular weight is 669 g/mol. The topological polar surface area (TPSA) is 163 Å². The number of rotatable bonds is 9. The highest BCUT2D eigenvalue weighted by Gasteiger charge is 2.41. The zero-order valence-corrected chi connectivity index (χ0v) is 28.3. The Morgan fingerprint density at radius 1 is 0.702 bits per heavy atom. The Labute approximate surface area is 274 Å². The Hall–Kier alpha value is -5.03. The molecule has 0 radical (unpaired) electrons. The molecule has 0 saturated carbocycles. The highest BCUT2D eigenvalue weighted by Crippen LogP contribution is 2.53. The van der Waals surface area contributed by atoms with Gasteiger partial charge in [-0.3, -0.25) is 10.6 Å². The van der Waals surface area contributed by atoms with Crippen LogP contribution >= 0.6 is 7.60 Å². The maximum absolute atomic E-state index is 14.5. The molecule has 13 nitrogen and oxygen atoms in total. The molecule has 14 heteroatoms. The standard InChI is InChI=1S/C33H41N4O9P/c1-32(2,3)43-30(39)36-28(37-31(40)44-33(4,5)6)34-24-20-18-23(19-21-24)22-27(35-29(38)42-7)47(41,45-25-14-10-8-11-15-25)46-26-16-12-9-13-17-26/h8-21,27H,22H2,1-7H3,(H,35,38)(H2,34,36,37,39,40). The van der Waals surface area contributed by atoms with Crippen LogP contribution in [0.15, 0.2) is 89.9 Å². The van der Waals surface area contributed by atoms with Crippen molar-refractivity contribution in [2.24, 2.45) is 4.99 Å². The summed E-state index contributed by atoms with van der Waals surface area (Å²) in [7, 11) is -2.98. The van der Waals surface area contributed by atoms with Gasteiger partial charge in [-0.25, -0.2) is 23.9 Å². The third-order valence-electron chi connectivity index (χ3n) is 5.65. The summed E-state index contributed by atoms with van der Waals surface area (Å²) in [5.74, 6) is -0.877. The van der Waals surface area contributed by atoms with Gasteiger partial charge in [0.15, 0.2) is 5.78 Å². The van der Waals surface area contributed by atoms with Crippen LogP contribution in [0.1, 0.15) is 47.1 Å². The number of aliphatic imine (C=N–C) groups is 1. The molecule has 0 aromatic heterocycles. The van der Waals surface area contributed by atoms with Crippen molar-refractivity contribution in [3.05, 3.63) is 90.5 Å². The minimum Gasteiger partial charge on any atom is -0.453 e. The van der Waals surface area contributed by atoms with Crippen molar-refractivity contribution in [3.63, 3.8) is 0 Å². The predicted molar refractivity (Wildman–Crippen MR) is 177 cm³/mol. The van der Waals surface area contributed by atoms with Crippen LogP contribution in [0, 0.1) is 0 Å². The molecule has 0 fully saturated rings. The second kappa shape index (κ2) is 16.0. The van der Waals surface area contributed by atoms with Crippen LogP contribution in [-0.2, 0) is 25.2 Å². The van der Waals surface area contributed by atoms with Gasteiger partial charge < -0.3 is 28.6 Å². The van der Waals surface area contributed by atoms with Gasteiger partial charge in [0.25, 0.3) is 0 Å². The number of guanidine groups is 1. The van der Waals surface area contributed by atoms with Crippen molar-refractivity contribution in [2.75, 3.05) is 7.11 Å². The third-order valence-corrected chi connectivity index (χ3v) is 7.65. The van der Waals surface area contributed by atoms with E-state index in [1.54, 1.807) is 126 Å². The van der Waals surface area contributed by atoms with Gasteiger partial charge in [0.1, 0.15) is 22.7 Å². The fourth-order valence-corrected chi connectivity index (χ4v) is 5.61. The number of nitrogens with zero attached hydrogens (tertiary/aromatic N) is 1. The van der Waals surface area contributed by atoms with Crippen LogP contribution in [0.4, 0.5) is 20.1 Å². The number of carbonyl (C=O) groups excluding carboxylic acids is 3. The molecule has 0 saturated heterocycles. The Balaban J connectivity index is 1.92. The average Bonchev–Trinajstić information content (AvgIpc) is 2.96. The van der Waals surface area contributed by atoms with E-state index in [0.29, 0.717) is 11.3 Å². The van der Waals surface area contributed by atoms with E-state index in [2.05, 4.69) is 20.9 Å². The van der Waals surface area contributed by atoms with Crippen molar-refractivity contribution in [2.45, 2.75) is 64.9 Å². The van der Waals surface area contributed by atoms with Crippen LogP contribution in [0.25, 0.3) is 0 Å². The molecule has 3 rings (SSSR count). The first-order valence-corrected chi connectivity index (χ1v) is 16.3. The maximum Gasteiger partial charge on any atom is 0.453 e. The van der Waals surface area contributed by atoms with E-state index in [0.717, 1.165) is 0 Å². The Morgan fingerprint density at radius 3 is 1.55 bits per heavy atom. The van der Waals surface area contributed by atoms with E-state index in [-0.39, 0.29) is 23.9 Å². The molecule has 0 aliphatic rings. The van der Waals surface area contributed by atoms with Crippen molar-refractivity contribution < 1.29 is 42.2 Å². The molecule has 47 heavy (non-hydrogen) atoms. The minimum absolute atomic E-state index is 0.00475. The first-order chi connectivity index (χ1) is 22.0. The number of hydrogen-bond acceptors (Lipinski definition) is 10. The molecule has 0 bridgehead atoms. The van der Waals surface area contributed by atoms with Crippen molar-refractivity contribution in [1.29, 1.82) is 0 Å². The normalized spacial score (nSPS) is 12.1. The number of benzene rings is 3. The van der Waals surface area contributed by atoms with E-state index in [1.807, 2.05) is 0 Å². The quantitative estimate of drug-likeness (QED) is 0.0919. The van der Waals surface area contributed by atoms with E-state index in [4.69, 9.17) is 23.3 Å². The molecule has 0 aliphatic carbocycles. The lowest BCUT2D eigenvalue weighted by Gasteiger charge is -2.28. The SMILES string of the molecule is COC(=O)NC(Cc1ccc(N=C(NC(=O)OC(C)(C)C)NC(=O)OC(C)(C)C)cc1)P(=O)(Oc1ccccc1)Oc1ccccc1. The summed E-state index contributed by atoms with van der Waals surface area (Å²) in [5.41, 5.74) is -0.658. The summed E-state index contributed by atoms with van der Waals surface area (Å²) in [6.45, 7) is 10.2. The maximum atomic E-state index is 14.5. The van der Waals surface area contributed by atoms with Gasteiger partial charge in [0.05, 0.1) is 12.8 Å². The zero-order chi connectivity index (χ0) is 34.7. The number of alkyl carbamates (subject to hydrolysis) is 3. The van der Waals surface area contributed by atoms with Gasteiger partial charge in [0, 0.05) is 6.42 Å². The van der Waals surface area contributed by atoms with E-state index in [9.17, 15) is 18.9 Å². The molecule has 1 atom stereocenters. The number of methoxy groups -OCH3 is 1. The number of hydrogen-bond donors (Lipinski definition) is 3. The fourth-order valence-electron chi connectivity index (χ4n) is 3.79. The van der Waals surface area contributed by atoms with Gasteiger partial charge in [-0.1, -0.05) is 48.5 Å². The molecule has 0 spiro atoms. The monoisotopic (exact) mass is 668 g/mol. The number of para-hydroxylation sites is 2. The zero-order valence-electron chi connectivity index (χ0n) is 27.4. The highest BCUT2D eigenvalue weighted by molar-refractivity contribution is 7.55. The Bertz CT molecular complexity index is 1490. The summed E-state index contributed by atoms with van der Waals surface area (Å²) >= 11 is 0. The van der Waals surface area contributed by atoms with Crippen LogP contribution in [0.2, 0.25) is 0 Å². The second-order valence-corrected chi connectivity index (χ2v) is 14.2. The van der Waals surface area contributed by atoms with E-state index < -0.39 is 42.9 Å². The van der Waals surface area contributed by atoms with Crippen molar-refractivity contribution in [3.8, 4) is 11.5 Å². The Morgan fingerprint density at radius 2 is 1.15 bits per heavy atom. The third kappa shape index (κ3) is 13.1.